The lowest BCUT2D eigenvalue weighted by atomic mass is 10.0. The minimum absolute atomic E-state index is 0.0873. The van der Waals surface area contributed by atoms with Crippen LogP contribution in [-0.2, 0) is 14.3 Å². The normalized spacial score (nSPS) is 36.5. The second-order valence-electron chi connectivity index (χ2n) is 4.23. The Morgan fingerprint density at radius 2 is 1.89 bits per heavy atom. The van der Waals surface area contributed by atoms with Gasteiger partial charge in [-0.05, 0) is 0 Å². The molecule has 0 bridgehead atoms. The van der Waals surface area contributed by atoms with Crippen molar-refractivity contribution >= 4 is 6.29 Å². The quantitative estimate of drug-likeness (QED) is 0.265. The minimum atomic E-state index is -1.75. The van der Waals surface area contributed by atoms with Crippen LogP contribution in [0.2, 0.25) is 0 Å². The van der Waals surface area contributed by atoms with Gasteiger partial charge in [0.05, 0.1) is 13.2 Å². The molecule has 9 heteroatoms. The van der Waals surface area contributed by atoms with Gasteiger partial charge in [-0.15, -0.1) is 0 Å². The number of carbonyl (C=O) groups is 1. The molecule has 0 aliphatic carbocycles. The smallest absolute Gasteiger partial charge is 0.186 e. The van der Waals surface area contributed by atoms with Crippen LogP contribution in [0.5, 0.6) is 0 Å². The second-order valence-corrected chi connectivity index (χ2v) is 4.23. The number of aldehydes is 1. The molecule has 0 spiro atoms. The third kappa shape index (κ3) is 3.91. The predicted octanol–water partition coefficient (Wildman–Crippen LogP) is -4.28. The van der Waals surface area contributed by atoms with Crippen LogP contribution in [0.25, 0.3) is 0 Å². The van der Waals surface area contributed by atoms with Crippen LogP contribution in [0.3, 0.4) is 0 Å². The van der Waals surface area contributed by atoms with E-state index in [1.165, 1.54) is 0 Å². The monoisotopic (exact) mass is 282 g/mol. The third-order valence-electron chi connectivity index (χ3n) is 2.79. The standard InChI is InChI=1S/C10H18O9/c11-1-4(13)9(5(14)2-12)19-10-8(17)7(16)6(15)3-18-10/h1,4-10,12-17H,2-3H2/t4-,5-,6+,7-,8+,9+,10-/m0/s1. The zero-order valence-corrected chi connectivity index (χ0v) is 9.94. The molecule has 1 heterocycles. The van der Waals surface area contributed by atoms with E-state index in [4.69, 9.17) is 14.6 Å². The molecular weight excluding hydrogens is 264 g/mol. The molecule has 0 radical (unpaired) electrons. The largest absolute Gasteiger partial charge is 0.394 e. The Kier molecular flexibility index (Phi) is 6.23. The first-order chi connectivity index (χ1) is 8.92. The first-order valence-corrected chi connectivity index (χ1v) is 5.66. The zero-order chi connectivity index (χ0) is 14.6. The summed E-state index contributed by atoms with van der Waals surface area (Å²) in [4.78, 5) is 10.5. The SMILES string of the molecule is O=C[C@H](O)[C@@H](O[C@@H]1OC[C@@H](O)[C@H](O)[C@H]1O)[C@@H](O)CO. The summed E-state index contributed by atoms with van der Waals surface area (Å²) < 4.78 is 9.88. The molecule has 1 aliphatic heterocycles. The molecule has 7 atom stereocenters. The van der Waals surface area contributed by atoms with Crippen molar-refractivity contribution in [3.8, 4) is 0 Å². The molecule has 1 aliphatic rings. The van der Waals surface area contributed by atoms with Crippen molar-refractivity contribution in [2.24, 2.45) is 0 Å². The highest BCUT2D eigenvalue weighted by Gasteiger charge is 2.41. The molecular formula is C10H18O9. The van der Waals surface area contributed by atoms with E-state index >= 15 is 0 Å². The zero-order valence-electron chi connectivity index (χ0n) is 9.94. The van der Waals surface area contributed by atoms with Gasteiger partial charge >= 0.3 is 0 Å². The maximum atomic E-state index is 10.5. The van der Waals surface area contributed by atoms with Gasteiger partial charge in [0.1, 0.15) is 36.6 Å². The average Bonchev–Trinajstić information content (AvgIpc) is 2.42. The maximum absolute atomic E-state index is 10.5. The van der Waals surface area contributed by atoms with E-state index in [2.05, 4.69) is 0 Å². The average molecular weight is 282 g/mol. The molecule has 0 amide bonds. The number of aliphatic hydroxyl groups excluding tert-OH is 6. The Morgan fingerprint density at radius 3 is 2.42 bits per heavy atom. The highest BCUT2D eigenvalue weighted by atomic mass is 16.7. The number of hydrogen-bond donors (Lipinski definition) is 6. The molecule has 0 unspecified atom stereocenters. The number of hydrogen-bond acceptors (Lipinski definition) is 9. The van der Waals surface area contributed by atoms with Gasteiger partial charge in [-0.2, -0.15) is 0 Å². The van der Waals surface area contributed by atoms with E-state index in [1.54, 1.807) is 0 Å². The van der Waals surface area contributed by atoms with Crippen molar-refractivity contribution in [1.29, 1.82) is 0 Å². The number of aliphatic hydroxyl groups is 6. The van der Waals surface area contributed by atoms with Crippen molar-refractivity contribution in [3.63, 3.8) is 0 Å². The van der Waals surface area contributed by atoms with Crippen LogP contribution in [0.1, 0.15) is 0 Å². The molecule has 112 valence electrons. The number of ether oxygens (including phenoxy) is 2. The topological polar surface area (TPSA) is 157 Å². The van der Waals surface area contributed by atoms with E-state index in [0.29, 0.717) is 0 Å². The Labute approximate surface area is 108 Å². The lowest BCUT2D eigenvalue weighted by Crippen LogP contribution is -2.56. The first kappa shape index (κ1) is 16.4. The fourth-order valence-electron chi connectivity index (χ4n) is 1.63. The Balaban J connectivity index is 2.70. The molecule has 1 rings (SSSR count). The van der Waals surface area contributed by atoms with Crippen LogP contribution in [-0.4, -0.2) is 93.1 Å². The summed E-state index contributed by atoms with van der Waals surface area (Å²) in [6.07, 6.45) is -10.7. The van der Waals surface area contributed by atoms with Crippen molar-refractivity contribution in [2.75, 3.05) is 13.2 Å². The highest BCUT2D eigenvalue weighted by molar-refractivity contribution is 5.56. The summed E-state index contributed by atoms with van der Waals surface area (Å²) in [7, 11) is 0. The second kappa shape index (κ2) is 7.22. The van der Waals surface area contributed by atoms with Gasteiger partial charge in [-0.25, -0.2) is 0 Å². The fraction of sp³-hybridized carbons (Fsp3) is 0.900. The molecule has 0 aromatic carbocycles. The summed E-state index contributed by atoms with van der Waals surface area (Å²) in [6.45, 7) is -1.12. The van der Waals surface area contributed by atoms with Gasteiger partial charge in [0.2, 0.25) is 0 Å². The molecule has 1 fully saturated rings. The van der Waals surface area contributed by atoms with Gasteiger partial charge in [0.15, 0.2) is 12.6 Å². The molecule has 9 nitrogen and oxygen atoms in total. The Bertz CT molecular complexity index is 286. The maximum Gasteiger partial charge on any atom is 0.186 e. The summed E-state index contributed by atoms with van der Waals surface area (Å²) in [6, 6.07) is 0. The van der Waals surface area contributed by atoms with Gasteiger partial charge in [-0.1, -0.05) is 0 Å². The van der Waals surface area contributed by atoms with Crippen LogP contribution in [0.15, 0.2) is 0 Å². The Morgan fingerprint density at radius 1 is 1.26 bits per heavy atom. The van der Waals surface area contributed by atoms with Gasteiger partial charge in [0.25, 0.3) is 0 Å². The lowest BCUT2D eigenvalue weighted by Gasteiger charge is -2.37. The van der Waals surface area contributed by atoms with Crippen molar-refractivity contribution in [3.05, 3.63) is 0 Å². The van der Waals surface area contributed by atoms with Gasteiger partial charge < -0.3 is 44.9 Å². The van der Waals surface area contributed by atoms with Crippen LogP contribution in [0, 0.1) is 0 Å². The van der Waals surface area contributed by atoms with E-state index in [9.17, 15) is 30.3 Å². The van der Waals surface area contributed by atoms with Crippen molar-refractivity contribution < 1.29 is 44.9 Å². The molecule has 0 saturated carbocycles. The van der Waals surface area contributed by atoms with E-state index < -0.39 is 49.5 Å². The van der Waals surface area contributed by atoms with E-state index in [1.807, 2.05) is 0 Å². The molecule has 19 heavy (non-hydrogen) atoms. The summed E-state index contributed by atoms with van der Waals surface area (Å²) in [5.41, 5.74) is 0. The highest BCUT2D eigenvalue weighted by Crippen LogP contribution is 2.19. The van der Waals surface area contributed by atoms with Crippen LogP contribution >= 0.6 is 0 Å². The first-order valence-electron chi connectivity index (χ1n) is 5.66. The summed E-state index contributed by atoms with van der Waals surface area (Å²) in [5.74, 6) is 0. The molecule has 0 aromatic rings. The van der Waals surface area contributed by atoms with Gasteiger partial charge in [-0.3, -0.25) is 0 Å². The van der Waals surface area contributed by atoms with Crippen LogP contribution in [0.4, 0.5) is 0 Å². The van der Waals surface area contributed by atoms with E-state index in [0.717, 1.165) is 0 Å². The van der Waals surface area contributed by atoms with Crippen LogP contribution < -0.4 is 0 Å². The lowest BCUT2D eigenvalue weighted by molar-refractivity contribution is -0.297. The minimum Gasteiger partial charge on any atom is -0.394 e. The fourth-order valence-corrected chi connectivity index (χ4v) is 1.63. The summed E-state index contributed by atoms with van der Waals surface area (Å²) >= 11 is 0. The molecule has 0 aromatic heterocycles. The predicted molar refractivity (Wildman–Crippen MR) is 57.8 cm³/mol. The molecule has 6 N–H and O–H groups in total. The van der Waals surface area contributed by atoms with Crippen molar-refractivity contribution in [2.45, 2.75) is 42.9 Å². The molecule has 1 saturated heterocycles. The van der Waals surface area contributed by atoms with E-state index in [-0.39, 0.29) is 12.9 Å². The number of rotatable bonds is 6. The number of carbonyl (C=O) groups excluding carboxylic acids is 1. The third-order valence-corrected chi connectivity index (χ3v) is 2.79. The Hall–Kier alpha value is -0.650. The summed E-state index contributed by atoms with van der Waals surface area (Å²) in [5, 5.41) is 55.8. The van der Waals surface area contributed by atoms with Gasteiger partial charge in [0, 0.05) is 0 Å². The van der Waals surface area contributed by atoms with Crippen molar-refractivity contribution in [1.82, 2.24) is 0 Å².